The molecule has 1 saturated heterocycles. The highest BCUT2D eigenvalue weighted by Crippen LogP contribution is 2.30. The Bertz CT molecular complexity index is 533. The number of aldehydes is 1. The van der Waals surface area contributed by atoms with Gasteiger partial charge in [0.1, 0.15) is 37.0 Å². The van der Waals surface area contributed by atoms with Gasteiger partial charge in [0.25, 0.3) is 0 Å². The molecule has 110 valence electrons. The lowest BCUT2D eigenvalue weighted by Crippen LogP contribution is -2.38. The number of nitrogens with zero attached hydrogens (tertiary/aromatic N) is 2. The second kappa shape index (κ2) is 6.09. The van der Waals surface area contributed by atoms with Crippen LogP contribution in [0.25, 0.3) is 0 Å². The normalized spacial score (nSPS) is 29.5. The minimum Gasteiger partial charge on any atom is -0.394 e. The Morgan fingerprint density at radius 2 is 2.35 bits per heavy atom. The molecular weight excluding hydrogens is 270 g/mol. The van der Waals surface area contributed by atoms with E-state index in [2.05, 4.69) is 4.98 Å². The van der Waals surface area contributed by atoms with Crippen LogP contribution in [0.1, 0.15) is 6.23 Å². The van der Waals surface area contributed by atoms with Crippen LogP contribution in [0.3, 0.4) is 0 Å². The zero-order chi connectivity index (χ0) is 14.7. The molecule has 1 aliphatic rings. The molecule has 0 radical (unpaired) electrons. The first-order valence-corrected chi connectivity index (χ1v) is 5.92. The number of carbonyl (C=O) groups excluding carboxylic acids is 1. The highest BCUT2D eigenvalue weighted by molar-refractivity contribution is 5.50. The summed E-state index contributed by atoms with van der Waals surface area (Å²) in [6.45, 7) is -0.716. The molecule has 1 fully saturated rings. The number of nitrogens with two attached hydrogens (primary N) is 1. The molecule has 4 atom stereocenters. The van der Waals surface area contributed by atoms with Crippen molar-refractivity contribution >= 4 is 12.1 Å². The second-order valence-corrected chi connectivity index (χ2v) is 4.25. The van der Waals surface area contributed by atoms with Crippen molar-refractivity contribution in [2.45, 2.75) is 24.5 Å². The Balaban J connectivity index is 2.31. The number of ether oxygens (including phenoxy) is 2. The van der Waals surface area contributed by atoms with Gasteiger partial charge >= 0.3 is 5.69 Å². The molecule has 0 bridgehead atoms. The van der Waals surface area contributed by atoms with Crippen molar-refractivity contribution in [1.29, 1.82) is 0 Å². The minimum absolute atomic E-state index is 0.0499. The van der Waals surface area contributed by atoms with Gasteiger partial charge in [0, 0.05) is 6.20 Å². The van der Waals surface area contributed by atoms with E-state index in [0.29, 0.717) is 6.29 Å². The fraction of sp³-hybridized carbons (Fsp3) is 0.545. The Labute approximate surface area is 113 Å². The molecular formula is C11H15N3O6. The summed E-state index contributed by atoms with van der Waals surface area (Å²) in [6, 6.07) is 1.39. The van der Waals surface area contributed by atoms with E-state index >= 15 is 0 Å². The second-order valence-electron chi connectivity index (χ2n) is 4.25. The number of carbonyl (C=O) groups is 1. The molecule has 0 unspecified atom stereocenters. The molecule has 2 rings (SSSR count). The quantitative estimate of drug-likeness (QED) is 0.512. The summed E-state index contributed by atoms with van der Waals surface area (Å²) >= 11 is 0. The summed E-state index contributed by atoms with van der Waals surface area (Å²) in [5.41, 5.74) is 4.71. The van der Waals surface area contributed by atoms with Crippen LogP contribution >= 0.6 is 0 Å². The summed E-state index contributed by atoms with van der Waals surface area (Å²) in [6.07, 6.45) is -2.20. The summed E-state index contributed by atoms with van der Waals surface area (Å²) in [4.78, 5) is 25.7. The summed E-state index contributed by atoms with van der Waals surface area (Å²) in [7, 11) is 0. The summed E-state index contributed by atoms with van der Waals surface area (Å²) < 4.78 is 11.6. The topological polar surface area (TPSA) is 137 Å². The summed E-state index contributed by atoms with van der Waals surface area (Å²) in [5, 5.41) is 19.1. The van der Waals surface area contributed by atoms with Crippen LogP contribution in [0.4, 0.5) is 5.82 Å². The number of aromatic nitrogens is 2. The molecule has 1 aliphatic heterocycles. The van der Waals surface area contributed by atoms with Crippen molar-refractivity contribution in [3.8, 4) is 0 Å². The molecule has 0 saturated carbocycles. The van der Waals surface area contributed by atoms with Gasteiger partial charge in [0.05, 0.1) is 6.61 Å². The highest BCUT2D eigenvalue weighted by atomic mass is 16.6. The monoisotopic (exact) mass is 285 g/mol. The lowest BCUT2D eigenvalue weighted by molar-refractivity contribution is -0.119. The SMILES string of the molecule is Nc1ccn([C@@H]2O[C@H](CO)[C@@H](O)[C@H]2OCC=O)c(=O)n1. The molecule has 9 nitrogen and oxygen atoms in total. The van der Waals surface area contributed by atoms with Crippen LogP contribution in [-0.2, 0) is 14.3 Å². The number of nitrogen functional groups attached to an aromatic ring is 1. The molecule has 1 aromatic heterocycles. The molecule has 2 heterocycles. The Morgan fingerprint density at radius 3 is 2.95 bits per heavy atom. The number of aliphatic hydroxyl groups is 2. The third kappa shape index (κ3) is 2.70. The van der Waals surface area contributed by atoms with E-state index in [0.717, 1.165) is 4.57 Å². The number of aliphatic hydroxyl groups excluding tert-OH is 2. The Hall–Kier alpha value is -1.81. The molecule has 0 amide bonds. The number of hydrogen-bond acceptors (Lipinski definition) is 8. The lowest BCUT2D eigenvalue weighted by Gasteiger charge is -2.21. The third-order valence-electron chi connectivity index (χ3n) is 2.98. The van der Waals surface area contributed by atoms with Crippen molar-refractivity contribution in [2.75, 3.05) is 18.9 Å². The first kappa shape index (κ1) is 14.6. The molecule has 1 aromatic rings. The maximum Gasteiger partial charge on any atom is 0.351 e. The van der Waals surface area contributed by atoms with Gasteiger partial charge in [0.2, 0.25) is 0 Å². The van der Waals surface area contributed by atoms with Crippen LogP contribution < -0.4 is 11.4 Å². The van der Waals surface area contributed by atoms with Gasteiger partial charge in [0.15, 0.2) is 6.23 Å². The first-order chi connectivity index (χ1) is 9.58. The smallest absolute Gasteiger partial charge is 0.351 e. The minimum atomic E-state index is -1.17. The van der Waals surface area contributed by atoms with Crippen molar-refractivity contribution in [2.24, 2.45) is 0 Å². The van der Waals surface area contributed by atoms with E-state index in [4.69, 9.17) is 20.3 Å². The average Bonchev–Trinajstić information content (AvgIpc) is 2.73. The van der Waals surface area contributed by atoms with Crippen molar-refractivity contribution in [1.82, 2.24) is 9.55 Å². The maximum atomic E-state index is 11.8. The van der Waals surface area contributed by atoms with Gasteiger partial charge in [-0.15, -0.1) is 0 Å². The molecule has 4 N–H and O–H groups in total. The van der Waals surface area contributed by atoms with Gasteiger partial charge in [-0.3, -0.25) is 4.57 Å². The molecule has 0 spiro atoms. The Morgan fingerprint density at radius 1 is 1.60 bits per heavy atom. The van der Waals surface area contributed by atoms with Gasteiger partial charge in [-0.05, 0) is 6.07 Å². The zero-order valence-corrected chi connectivity index (χ0v) is 10.5. The lowest BCUT2D eigenvalue weighted by atomic mass is 10.1. The number of hydrogen-bond donors (Lipinski definition) is 3. The fourth-order valence-corrected chi connectivity index (χ4v) is 2.04. The van der Waals surface area contributed by atoms with Gasteiger partial charge in [-0.25, -0.2) is 4.79 Å². The van der Waals surface area contributed by atoms with Crippen molar-refractivity contribution in [3.63, 3.8) is 0 Å². The van der Waals surface area contributed by atoms with Crippen LogP contribution in [0.5, 0.6) is 0 Å². The maximum absolute atomic E-state index is 11.8. The number of anilines is 1. The van der Waals surface area contributed by atoms with Crippen LogP contribution in [0.15, 0.2) is 17.1 Å². The molecule has 20 heavy (non-hydrogen) atoms. The predicted octanol–water partition coefficient (Wildman–Crippen LogP) is -2.34. The highest BCUT2D eigenvalue weighted by Gasteiger charge is 2.45. The summed E-state index contributed by atoms with van der Waals surface area (Å²) in [5.74, 6) is 0.0499. The van der Waals surface area contributed by atoms with Crippen LogP contribution in [-0.4, -0.2) is 57.6 Å². The Kier molecular flexibility index (Phi) is 4.45. The van der Waals surface area contributed by atoms with E-state index in [1.807, 2.05) is 0 Å². The van der Waals surface area contributed by atoms with Gasteiger partial charge in [-0.1, -0.05) is 0 Å². The zero-order valence-electron chi connectivity index (χ0n) is 10.5. The van der Waals surface area contributed by atoms with E-state index in [-0.39, 0.29) is 12.4 Å². The van der Waals surface area contributed by atoms with Gasteiger partial charge in [-0.2, -0.15) is 4.98 Å². The molecule has 0 aromatic carbocycles. The predicted molar refractivity (Wildman–Crippen MR) is 65.7 cm³/mol. The largest absolute Gasteiger partial charge is 0.394 e. The van der Waals surface area contributed by atoms with E-state index in [1.54, 1.807) is 0 Å². The van der Waals surface area contributed by atoms with Crippen molar-refractivity contribution in [3.05, 3.63) is 22.7 Å². The number of rotatable bonds is 5. The van der Waals surface area contributed by atoms with Crippen LogP contribution in [0.2, 0.25) is 0 Å². The molecule has 0 aliphatic carbocycles. The van der Waals surface area contributed by atoms with E-state index in [9.17, 15) is 14.7 Å². The molecule has 9 heteroatoms. The average molecular weight is 285 g/mol. The van der Waals surface area contributed by atoms with Gasteiger partial charge < -0.3 is 30.2 Å². The first-order valence-electron chi connectivity index (χ1n) is 5.92. The van der Waals surface area contributed by atoms with E-state index < -0.39 is 36.8 Å². The fourth-order valence-electron chi connectivity index (χ4n) is 2.04. The van der Waals surface area contributed by atoms with Crippen molar-refractivity contribution < 1.29 is 24.5 Å². The standard InChI is InChI=1S/C11H15N3O6/c12-7-1-2-14(11(18)13-7)10-9(19-4-3-15)8(17)6(5-16)20-10/h1-3,6,8-10,16-17H,4-5H2,(H2,12,13,18)/t6-,8-,9-,10-/m1/s1. The van der Waals surface area contributed by atoms with Crippen LogP contribution in [0, 0.1) is 0 Å². The van der Waals surface area contributed by atoms with E-state index in [1.165, 1.54) is 12.3 Å². The third-order valence-corrected chi connectivity index (χ3v) is 2.98.